The van der Waals surface area contributed by atoms with Crippen LogP contribution in [0.15, 0.2) is 164 Å². The van der Waals surface area contributed by atoms with Crippen molar-refractivity contribution in [3.05, 3.63) is 199 Å². The van der Waals surface area contributed by atoms with Crippen LogP contribution in [0.25, 0.3) is 49.9 Å². The fourth-order valence-electron chi connectivity index (χ4n) is 8.99. The molecule has 0 saturated heterocycles. The van der Waals surface area contributed by atoms with Crippen LogP contribution in [0, 0.1) is 18.8 Å². The largest absolute Gasteiger partial charge is 0.509 e. The SMILES string of the molecule is CC(C)(C)c1cc(N2[CH-]N(c3[c-]c(Oc4[c-]c5c(cc4)c4ccccc4n5-c4cc(-c5ccc(-c6ccccc6)cc5C(C)(C)C)ccn4)ccc3)c3ccccc32)cc(C(C)(C)C)c1.[Pt]. The number of benzene rings is 7. The van der Waals surface area contributed by atoms with Crippen molar-refractivity contribution >= 4 is 44.6 Å². The van der Waals surface area contributed by atoms with Crippen LogP contribution in [0.5, 0.6) is 11.5 Å². The van der Waals surface area contributed by atoms with Crippen molar-refractivity contribution in [1.82, 2.24) is 9.55 Å². The molecule has 0 aliphatic carbocycles. The predicted octanol–water partition coefficient (Wildman–Crippen LogP) is 16.2. The van der Waals surface area contributed by atoms with Crippen molar-refractivity contribution in [1.29, 1.82) is 0 Å². The van der Waals surface area contributed by atoms with Gasteiger partial charge in [0.15, 0.2) is 0 Å². The fourth-order valence-corrected chi connectivity index (χ4v) is 8.99. The Morgan fingerprint density at radius 2 is 1.18 bits per heavy atom. The smallest absolute Gasteiger partial charge is 0.136 e. The van der Waals surface area contributed by atoms with Crippen LogP contribution in [0.3, 0.4) is 0 Å². The molecule has 66 heavy (non-hydrogen) atoms. The van der Waals surface area contributed by atoms with Gasteiger partial charge in [-0.2, -0.15) is 12.1 Å². The van der Waals surface area contributed by atoms with E-state index in [-0.39, 0.29) is 37.3 Å². The monoisotopic (exact) mass is 1040 g/mol. The van der Waals surface area contributed by atoms with E-state index in [9.17, 15) is 0 Å². The molecule has 0 amide bonds. The average molecular weight is 1040 g/mol. The molecule has 9 aromatic rings. The Morgan fingerprint density at radius 1 is 0.515 bits per heavy atom. The van der Waals surface area contributed by atoms with E-state index in [2.05, 4.69) is 235 Å². The molecule has 5 nitrogen and oxygen atoms in total. The number of aromatic nitrogens is 2. The molecule has 1 aliphatic heterocycles. The van der Waals surface area contributed by atoms with Crippen molar-refractivity contribution in [2.45, 2.75) is 78.6 Å². The number of para-hydroxylation sites is 3. The Labute approximate surface area is 405 Å². The summed E-state index contributed by atoms with van der Waals surface area (Å²) in [7, 11) is 0. The summed E-state index contributed by atoms with van der Waals surface area (Å²) in [4.78, 5) is 9.50. The number of rotatable bonds is 7. The molecule has 334 valence electrons. The molecule has 10 rings (SSSR count). The first-order valence-corrected chi connectivity index (χ1v) is 22.6. The zero-order valence-electron chi connectivity index (χ0n) is 39.2. The second-order valence-corrected chi connectivity index (χ2v) is 20.3. The second kappa shape index (κ2) is 17.1. The molecular formula is C60H55N4OPt-3. The predicted molar refractivity (Wildman–Crippen MR) is 271 cm³/mol. The number of fused-ring (bicyclic) bond motifs is 4. The summed E-state index contributed by atoms with van der Waals surface area (Å²) < 4.78 is 8.88. The van der Waals surface area contributed by atoms with E-state index in [1.54, 1.807) is 0 Å². The minimum atomic E-state index is -0.0888. The van der Waals surface area contributed by atoms with Crippen LogP contribution in [0.4, 0.5) is 22.7 Å². The van der Waals surface area contributed by atoms with Crippen LogP contribution in [0.1, 0.15) is 79.0 Å². The van der Waals surface area contributed by atoms with Gasteiger partial charge >= 0.3 is 0 Å². The minimum absolute atomic E-state index is 0. The standard InChI is InChI=1S/C60H55N4O.Pt/c1-58(2,3)43-34-44(59(4,5)6)36-46(35-43)63-39-62(54-24-15-16-25-55(54)63)45-20-17-21-47(37-45)65-48-27-29-51-50-22-13-14-23-53(50)64(56(51)38-48)57-33-42(30-31-61-57)49-28-26-41(32-52(49)60(7,8)9)40-18-11-10-12-19-40;/h10-36,39H,1-9H3;/q-3;. The van der Waals surface area contributed by atoms with Gasteiger partial charge < -0.3 is 19.1 Å². The van der Waals surface area contributed by atoms with Crippen LogP contribution in [-0.2, 0) is 37.3 Å². The Hall–Kier alpha value is -6.42. The van der Waals surface area contributed by atoms with Gasteiger partial charge in [0.2, 0.25) is 0 Å². The first-order chi connectivity index (χ1) is 31.1. The number of hydrogen-bond acceptors (Lipinski definition) is 4. The Morgan fingerprint density at radius 3 is 1.89 bits per heavy atom. The van der Waals surface area contributed by atoms with Crippen molar-refractivity contribution < 1.29 is 25.8 Å². The molecular weight excluding hydrogens is 988 g/mol. The van der Waals surface area contributed by atoms with Gasteiger partial charge in [-0.1, -0.05) is 153 Å². The van der Waals surface area contributed by atoms with Crippen LogP contribution < -0.4 is 14.5 Å². The maximum absolute atomic E-state index is 6.67. The van der Waals surface area contributed by atoms with Gasteiger partial charge in [0.05, 0.1) is 0 Å². The van der Waals surface area contributed by atoms with E-state index in [0.717, 1.165) is 55.9 Å². The van der Waals surface area contributed by atoms with Crippen LogP contribution in [0.2, 0.25) is 0 Å². The summed E-state index contributed by atoms with van der Waals surface area (Å²) in [5, 5.41) is 2.21. The molecule has 0 fully saturated rings. The van der Waals surface area contributed by atoms with E-state index < -0.39 is 0 Å². The molecule has 0 bridgehead atoms. The van der Waals surface area contributed by atoms with Gasteiger partial charge in [0.25, 0.3) is 0 Å². The summed E-state index contributed by atoms with van der Waals surface area (Å²) in [6.45, 7) is 22.7. The van der Waals surface area contributed by atoms with Gasteiger partial charge in [-0.05, 0) is 103 Å². The van der Waals surface area contributed by atoms with Gasteiger partial charge in [-0.3, -0.25) is 0 Å². The van der Waals surface area contributed by atoms with E-state index in [0.29, 0.717) is 11.5 Å². The Balaban J connectivity index is 0.00000548. The zero-order chi connectivity index (χ0) is 45.3. The molecule has 0 unspecified atom stereocenters. The summed E-state index contributed by atoms with van der Waals surface area (Å²) in [6.07, 6.45) is 1.92. The maximum atomic E-state index is 6.67. The minimum Gasteiger partial charge on any atom is -0.509 e. The van der Waals surface area contributed by atoms with E-state index in [4.69, 9.17) is 9.72 Å². The maximum Gasteiger partial charge on any atom is 0.136 e. The topological polar surface area (TPSA) is 33.5 Å². The molecule has 1 aliphatic rings. The number of ether oxygens (including phenoxy) is 1. The van der Waals surface area contributed by atoms with Crippen molar-refractivity contribution in [3.8, 4) is 39.6 Å². The molecule has 2 aromatic heterocycles. The van der Waals surface area contributed by atoms with Crippen molar-refractivity contribution in [3.63, 3.8) is 0 Å². The average Bonchev–Trinajstić information content (AvgIpc) is 3.84. The van der Waals surface area contributed by atoms with Crippen LogP contribution >= 0.6 is 0 Å². The number of anilines is 4. The number of pyridine rings is 1. The molecule has 0 N–H and O–H groups in total. The summed E-state index contributed by atoms with van der Waals surface area (Å²) >= 11 is 0. The Bertz CT molecular complexity index is 3210. The van der Waals surface area contributed by atoms with Crippen LogP contribution in [-0.4, -0.2) is 9.55 Å². The molecule has 3 heterocycles. The summed E-state index contributed by atoms with van der Waals surface area (Å²) in [6, 6.07) is 63.3. The first kappa shape index (κ1) is 44.8. The second-order valence-electron chi connectivity index (χ2n) is 20.3. The van der Waals surface area contributed by atoms with Crippen molar-refractivity contribution in [2.24, 2.45) is 0 Å². The van der Waals surface area contributed by atoms with Crippen molar-refractivity contribution in [2.75, 3.05) is 9.80 Å². The third kappa shape index (κ3) is 8.46. The normalized spacial score (nSPS) is 13.0. The molecule has 0 saturated carbocycles. The van der Waals surface area contributed by atoms with E-state index in [1.165, 1.54) is 33.4 Å². The molecule has 0 radical (unpaired) electrons. The van der Waals surface area contributed by atoms with Gasteiger partial charge in [-0.25, -0.2) is 4.98 Å². The summed E-state index contributed by atoms with van der Waals surface area (Å²) in [5.74, 6) is 2.01. The van der Waals surface area contributed by atoms with Gasteiger partial charge in [-0.15, -0.1) is 48.1 Å². The zero-order valence-corrected chi connectivity index (χ0v) is 41.5. The third-order valence-corrected chi connectivity index (χ3v) is 12.6. The summed E-state index contributed by atoms with van der Waals surface area (Å²) in [5.41, 5.74) is 14.7. The van der Waals surface area contributed by atoms with Gasteiger partial charge in [0.1, 0.15) is 5.82 Å². The third-order valence-electron chi connectivity index (χ3n) is 12.6. The fraction of sp³-hybridized carbons (Fsp3) is 0.200. The molecule has 7 aromatic carbocycles. The Kier molecular flexibility index (Phi) is 11.6. The molecule has 0 spiro atoms. The first-order valence-electron chi connectivity index (χ1n) is 22.6. The quantitative estimate of drug-likeness (QED) is 0.149. The molecule has 0 atom stereocenters. The van der Waals surface area contributed by atoms with E-state index in [1.807, 2.05) is 24.4 Å². The number of nitrogens with zero attached hydrogens (tertiary/aromatic N) is 4. The number of hydrogen-bond donors (Lipinski definition) is 0. The molecule has 6 heteroatoms. The van der Waals surface area contributed by atoms with E-state index >= 15 is 0 Å². The van der Waals surface area contributed by atoms with Gasteiger partial charge in [0, 0.05) is 61.3 Å².